The number of rotatable bonds is 17. The van der Waals surface area contributed by atoms with Gasteiger partial charge in [-0.15, -0.1) is 0 Å². The lowest BCUT2D eigenvalue weighted by Gasteiger charge is -2.30. The highest BCUT2D eigenvalue weighted by molar-refractivity contribution is 5.92. The minimum atomic E-state index is -0.855. The molecular weight excluding hydrogens is 501 g/mol. The number of nitrogens with zero attached hydrogens (tertiary/aromatic N) is 1. The standard InChI is InChI=1S/C30H46FN3O5/c1-19(2)22(14-21-8-10-27(38-6)28(15-21)39-13-7-12-37-5)16-25(32)26(35)17-24(20(3)4)30(36)34-23-9-11-29(31)33-18-23/h8-11,15,18-20,22,24-26,35H,7,12-14,16-17,32H2,1-6H3,(H,34,36). The van der Waals surface area contributed by atoms with Crippen molar-refractivity contribution in [3.63, 3.8) is 0 Å². The van der Waals surface area contributed by atoms with E-state index < -0.39 is 24.0 Å². The van der Waals surface area contributed by atoms with Crippen LogP contribution in [0.25, 0.3) is 0 Å². The van der Waals surface area contributed by atoms with E-state index in [0.717, 1.165) is 18.4 Å². The molecule has 4 unspecified atom stereocenters. The summed E-state index contributed by atoms with van der Waals surface area (Å²) in [4.78, 5) is 16.5. The van der Waals surface area contributed by atoms with E-state index in [-0.39, 0.29) is 24.2 Å². The fourth-order valence-electron chi connectivity index (χ4n) is 4.55. The van der Waals surface area contributed by atoms with Crippen LogP contribution in [0, 0.1) is 29.6 Å². The summed E-state index contributed by atoms with van der Waals surface area (Å²) in [6.45, 7) is 9.32. The Bertz CT molecular complexity index is 1000. The van der Waals surface area contributed by atoms with Gasteiger partial charge in [-0.3, -0.25) is 4.79 Å². The minimum Gasteiger partial charge on any atom is -0.493 e. The third-order valence-corrected chi connectivity index (χ3v) is 7.12. The second-order valence-corrected chi connectivity index (χ2v) is 10.8. The number of aromatic nitrogens is 1. The number of hydrogen-bond acceptors (Lipinski definition) is 7. The molecule has 0 aliphatic heterocycles. The van der Waals surface area contributed by atoms with Crippen molar-refractivity contribution in [2.75, 3.05) is 32.8 Å². The van der Waals surface area contributed by atoms with Gasteiger partial charge in [-0.2, -0.15) is 4.39 Å². The van der Waals surface area contributed by atoms with Gasteiger partial charge in [0.2, 0.25) is 11.9 Å². The summed E-state index contributed by atoms with van der Waals surface area (Å²) in [6.07, 6.45) is 2.79. The van der Waals surface area contributed by atoms with E-state index in [1.165, 1.54) is 18.3 Å². The number of nitrogens with one attached hydrogen (secondary N) is 1. The predicted octanol–water partition coefficient (Wildman–Crippen LogP) is 4.84. The number of aliphatic hydroxyl groups is 1. The molecule has 39 heavy (non-hydrogen) atoms. The van der Waals surface area contributed by atoms with E-state index in [4.69, 9.17) is 19.9 Å². The van der Waals surface area contributed by atoms with Gasteiger partial charge < -0.3 is 30.4 Å². The van der Waals surface area contributed by atoms with E-state index in [1.807, 2.05) is 32.0 Å². The molecule has 0 spiro atoms. The number of amides is 1. The highest BCUT2D eigenvalue weighted by atomic mass is 19.1. The zero-order chi connectivity index (χ0) is 28.9. The summed E-state index contributed by atoms with van der Waals surface area (Å²) in [6, 6.07) is 8.10. The monoisotopic (exact) mass is 547 g/mol. The molecule has 1 heterocycles. The number of pyridine rings is 1. The molecule has 8 nitrogen and oxygen atoms in total. The van der Waals surface area contributed by atoms with Crippen LogP contribution in [0.2, 0.25) is 0 Å². The van der Waals surface area contributed by atoms with Crippen LogP contribution in [0.15, 0.2) is 36.5 Å². The average molecular weight is 548 g/mol. The normalized spacial score (nSPS) is 14.6. The summed E-state index contributed by atoms with van der Waals surface area (Å²) < 4.78 is 29.6. The van der Waals surface area contributed by atoms with Crippen LogP contribution in [-0.4, -0.2) is 55.6 Å². The lowest BCUT2D eigenvalue weighted by Crippen LogP contribution is -2.41. The van der Waals surface area contributed by atoms with Crippen molar-refractivity contribution in [2.24, 2.45) is 29.4 Å². The summed E-state index contributed by atoms with van der Waals surface area (Å²) in [5, 5.41) is 13.8. The van der Waals surface area contributed by atoms with Crippen molar-refractivity contribution in [2.45, 2.75) is 65.5 Å². The van der Waals surface area contributed by atoms with E-state index in [2.05, 4.69) is 24.1 Å². The number of hydrogen-bond donors (Lipinski definition) is 3. The number of carbonyl (C=O) groups excluding carboxylic acids is 1. The Morgan fingerprint density at radius 1 is 1.05 bits per heavy atom. The maximum absolute atomic E-state index is 13.1. The summed E-state index contributed by atoms with van der Waals surface area (Å²) >= 11 is 0. The average Bonchev–Trinajstić information content (AvgIpc) is 2.90. The van der Waals surface area contributed by atoms with Crippen LogP contribution in [0.3, 0.4) is 0 Å². The second kappa shape index (κ2) is 16.4. The van der Waals surface area contributed by atoms with Crippen molar-refractivity contribution >= 4 is 11.6 Å². The number of carbonyl (C=O) groups is 1. The molecule has 0 bridgehead atoms. The van der Waals surface area contributed by atoms with Crippen molar-refractivity contribution < 1.29 is 28.5 Å². The molecule has 0 radical (unpaired) electrons. The molecule has 0 aliphatic carbocycles. The zero-order valence-corrected chi connectivity index (χ0v) is 24.2. The van der Waals surface area contributed by atoms with E-state index in [9.17, 15) is 14.3 Å². The first-order valence-electron chi connectivity index (χ1n) is 13.7. The van der Waals surface area contributed by atoms with E-state index in [0.29, 0.717) is 42.7 Å². The molecule has 0 aliphatic rings. The number of nitrogens with two attached hydrogens (primary N) is 1. The minimum absolute atomic E-state index is 0.0252. The van der Waals surface area contributed by atoms with Crippen molar-refractivity contribution in [3.8, 4) is 11.5 Å². The lowest BCUT2D eigenvalue weighted by atomic mass is 9.81. The molecule has 1 aromatic carbocycles. The van der Waals surface area contributed by atoms with Crippen LogP contribution in [0.4, 0.5) is 10.1 Å². The SMILES string of the molecule is COCCCOc1cc(CC(CC(N)C(O)CC(C(=O)Nc2ccc(F)nc2)C(C)C)C(C)C)ccc1OC. The topological polar surface area (TPSA) is 116 Å². The number of anilines is 1. The highest BCUT2D eigenvalue weighted by Crippen LogP contribution is 2.32. The van der Waals surface area contributed by atoms with Crippen LogP contribution >= 0.6 is 0 Å². The Morgan fingerprint density at radius 3 is 2.38 bits per heavy atom. The van der Waals surface area contributed by atoms with Gasteiger partial charge in [0.15, 0.2) is 11.5 Å². The molecule has 0 saturated heterocycles. The number of methoxy groups -OCH3 is 2. The first-order valence-corrected chi connectivity index (χ1v) is 13.7. The Kier molecular flexibility index (Phi) is 13.6. The Morgan fingerprint density at radius 2 is 1.79 bits per heavy atom. The smallest absolute Gasteiger partial charge is 0.227 e. The van der Waals surface area contributed by atoms with Gasteiger partial charge in [-0.1, -0.05) is 33.8 Å². The van der Waals surface area contributed by atoms with Crippen LogP contribution in [0.1, 0.15) is 52.5 Å². The number of benzene rings is 1. The van der Waals surface area contributed by atoms with Gasteiger partial charge in [0.25, 0.3) is 0 Å². The predicted molar refractivity (Wildman–Crippen MR) is 151 cm³/mol. The molecule has 2 aromatic rings. The third kappa shape index (κ3) is 10.7. The zero-order valence-electron chi connectivity index (χ0n) is 24.2. The third-order valence-electron chi connectivity index (χ3n) is 7.12. The first-order chi connectivity index (χ1) is 18.5. The van der Waals surface area contributed by atoms with Crippen molar-refractivity contribution in [1.82, 2.24) is 4.98 Å². The molecular formula is C30H46FN3O5. The maximum Gasteiger partial charge on any atom is 0.227 e. The Labute approximate surface area is 232 Å². The van der Waals surface area contributed by atoms with Gasteiger partial charge >= 0.3 is 0 Å². The van der Waals surface area contributed by atoms with Crippen LogP contribution < -0.4 is 20.5 Å². The molecule has 4 atom stereocenters. The van der Waals surface area contributed by atoms with Gasteiger partial charge in [0, 0.05) is 32.1 Å². The van der Waals surface area contributed by atoms with Gasteiger partial charge in [0.05, 0.1) is 31.7 Å². The van der Waals surface area contributed by atoms with Crippen LogP contribution in [-0.2, 0) is 16.0 Å². The second-order valence-electron chi connectivity index (χ2n) is 10.8. The van der Waals surface area contributed by atoms with Gasteiger partial charge in [0.1, 0.15) is 0 Å². The summed E-state index contributed by atoms with van der Waals surface area (Å²) in [5.74, 6) is 0.554. The maximum atomic E-state index is 13.1. The molecule has 4 N–H and O–H groups in total. The fourth-order valence-corrected chi connectivity index (χ4v) is 4.55. The largest absolute Gasteiger partial charge is 0.493 e. The van der Waals surface area contributed by atoms with E-state index in [1.54, 1.807) is 14.2 Å². The molecule has 1 amide bonds. The quantitative estimate of drug-likeness (QED) is 0.192. The Hall–Kier alpha value is -2.75. The summed E-state index contributed by atoms with van der Waals surface area (Å²) in [5.41, 5.74) is 8.02. The molecule has 0 saturated carbocycles. The van der Waals surface area contributed by atoms with Gasteiger partial charge in [-0.25, -0.2) is 4.98 Å². The fraction of sp³-hybridized carbons (Fsp3) is 0.600. The van der Waals surface area contributed by atoms with Crippen molar-refractivity contribution in [3.05, 3.63) is 48.0 Å². The van der Waals surface area contributed by atoms with Crippen LogP contribution in [0.5, 0.6) is 11.5 Å². The lowest BCUT2D eigenvalue weighted by molar-refractivity contribution is -0.122. The van der Waals surface area contributed by atoms with Gasteiger partial charge in [-0.05, 0) is 66.8 Å². The first kappa shape index (κ1) is 32.5. The molecule has 0 fully saturated rings. The molecule has 9 heteroatoms. The highest BCUT2D eigenvalue weighted by Gasteiger charge is 2.30. The molecule has 1 aromatic heterocycles. The summed E-state index contributed by atoms with van der Waals surface area (Å²) in [7, 11) is 3.29. The Balaban J connectivity index is 2.04. The number of halogens is 1. The molecule has 218 valence electrons. The number of aliphatic hydroxyl groups excluding tert-OH is 1. The van der Waals surface area contributed by atoms with E-state index >= 15 is 0 Å². The number of ether oxygens (including phenoxy) is 3. The van der Waals surface area contributed by atoms with Crippen molar-refractivity contribution in [1.29, 1.82) is 0 Å². The molecule has 2 rings (SSSR count).